The summed E-state index contributed by atoms with van der Waals surface area (Å²) in [6, 6.07) is 10.2. The number of carbonyl (C=O) groups is 1. The minimum atomic E-state index is -0.531. The maximum Gasteiger partial charge on any atom is 0.407 e. The van der Waals surface area contributed by atoms with Crippen molar-refractivity contribution >= 4 is 6.09 Å². The lowest BCUT2D eigenvalue weighted by atomic mass is 9.91. The first kappa shape index (κ1) is 20.0. The van der Waals surface area contributed by atoms with Crippen molar-refractivity contribution in [2.75, 3.05) is 20.3 Å². The summed E-state index contributed by atoms with van der Waals surface area (Å²) in [6.07, 6.45) is 0.368. The second kappa shape index (κ2) is 8.09. The highest BCUT2D eigenvalue weighted by Crippen LogP contribution is 2.39. The van der Waals surface area contributed by atoms with Gasteiger partial charge in [0.05, 0.1) is 13.7 Å². The Morgan fingerprint density at radius 3 is 2.75 bits per heavy atom. The molecule has 1 aliphatic rings. The highest BCUT2D eigenvalue weighted by Gasteiger charge is 2.24. The van der Waals surface area contributed by atoms with Crippen molar-refractivity contribution in [2.24, 2.45) is 0 Å². The highest BCUT2D eigenvalue weighted by atomic mass is 19.1. The zero-order valence-electron chi connectivity index (χ0n) is 16.7. The number of ether oxygens (including phenoxy) is 3. The first-order valence-corrected chi connectivity index (χ1v) is 9.34. The van der Waals surface area contributed by atoms with Crippen LogP contribution in [0.25, 0.3) is 11.1 Å². The molecule has 0 aliphatic carbocycles. The summed E-state index contributed by atoms with van der Waals surface area (Å²) >= 11 is 0. The fourth-order valence-electron chi connectivity index (χ4n) is 3.27. The number of carbonyl (C=O) groups excluding carboxylic acids is 1. The van der Waals surface area contributed by atoms with E-state index in [1.54, 1.807) is 13.2 Å². The van der Waals surface area contributed by atoms with Gasteiger partial charge in [-0.3, -0.25) is 0 Å². The van der Waals surface area contributed by atoms with Crippen LogP contribution in [0.5, 0.6) is 11.5 Å². The zero-order valence-corrected chi connectivity index (χ0v) is 16.7. The maximum atomic E-state index is 13.7. The van der Waals surface area contributed by atoms with Crippen LogP contribution in [-0.2, 0) is 4.74 Å². The average Bonchev–Trinajstić information content (AvgIpc) is 2.64. The molecule has 0 aromatic heterocycles. The zero-order chi connectivity index (χ0) is 20.3. The van der Waals surface area contributed by atoms with Crippen molar-refractivity contribution in [3.05, 3.63) is 47.8 Å². The minimum Gasteiger partial charge on any atom is -0.496 e. The number of hydrogen-bond donors (Lipinski definition) is 1. The summed E-state index contributed by atoms with van der Waals surface area (Å²) in [5, 5.41) is 2.84. The van der Waals surface area contributed by atoms with E-state index >= 15 is 0 Å². The Bertz CT molecular complexity index is 860. The van der Waals surface area contributed by atoms with Gasteiger partial charge >= 0.3 is 6.09 Å². The Hall–Kier alpha value is -2.76. The standard InChI is InChI=1S/C22H26FNO4/c1-22(2,3)28-21(25)24-13-15-9-10-27-20-11-14(5-7-17(15)20)18-12-16(23)6-8-19(18)26-4/h5-8,11-12,15H,9-10,13H2,1-4H3,(H,24,25)/t15-/m0/s1. The van der Waals surface area contributed by atoms with Crippen molar-refractivity contribution in [3.8, 4) is 22.6 Å². The third kappa shape index (κ3) is 4.74. The molecule has 2 aromatic rings. The maximum absolute atomic E-state index is 13.7. The molecule has 0 unspecified atom stereocenters. The second-order valence-electron chi connectivity index (χ2n) is 7.81. The van der Waals surface area contributed by atoms with E-state index < -0.39 is 11.7 Å². The normalized spacial score (nSPS) is 16.0. The number of hydrogen-bond acceptors (Lipinski definition) is 4. The lowest BCUT2D eigenvalue weighted by Crippen LogP contribution is -2.35. The Kier molecular flexibility index (Phi) is 5.77. The molecule has 5 nitrogen and oxygen atoms in total. The van der Waals surface area contributed by atoms with Crippen molar-refractivity contribution in [1.82, 2.24) is 5.32 Å². The van der Waals surface area contributed by atoms with Crippen LogP contribution in [-0.4, -0.2) is 32.0 Å². The largest absolute Gasteiger partial charge is 0.496 e. The molecule has 0 bridgehead atoms. The van der Waals surface area contributed by atoms with Gasteiger partial charge in [-0.1, -0.05) is 12.1 Å². The number of alkyl carbamates (subject to hydrolysis) is 1. The van der Waals surface area contributed by atoms with E-state index in [4.69, 9.17) is 14.2 Å². The van der Waals surface area contributed by atoms with Gasteiger partial charge in [0.2, 0.25) is 0 Å². The van der Waals surface area contributed by atoms with E-state index in [-0.39, 0.29) is 11.7 Å². The van der Waals surface area contributed by atoms with Gasteiger partial charge < -0.3 is 19.5 Å². The van der Waals surface area contributed by atoms with Gasteiger partial charge in [0.15, 0.2) is 0 Å². The molecule has 150 valence electrons. The van der Waals surface area contributed by atoms with Gasteiger partial charge in [0, 0.05) is 18.0 Å². The Morgan fingerprint density at radius 2 is 2.04 bits per heavy atom. The summed E-state index contributed by atoms with van der Waals surface area (Å²) in [5.41, 5.74) is 1.97. The molecule has 1 heterocycles. The predicted octanol–water partition coefficient (Wildman–Crippen LogP) is 4.89. The molecule has 0 fully saturated rings. The number of rotatable bonds is 4. The average molecular weight is 387 g/mol. The predicted molar refractivity (Wildman–Crippen MR) is 105 cm³/mol. The van der Waals surface area contributed by atoms with E-state index in [0.717, 1.165) is 23.3 Å². The SMILES string of the molecule is COc1ccc(F)cc1-c1ccc2c(c1)OCC[C@H]2CNC(=O)OC(C)(C)C. The summed E-state index contributed by atoms with van der Waals surface area (Å²) in [5.74, 6) is 1.14. The molecule has 28 heavy (non-hydrogen) atoms. The molecule has 0 saturated heterocycles. The molecule has 0 radical (unpaired) electrons. The molecular formula is C22H26FNO4. The quantitative estimate of drug-likeness (QED) is 0.811. The molecule has 6 heteroatoms. The highest BCUT2D eigenvalue weighted by molar-refractivity contribution is 5.72. The minimum absolute atomic E-state index is 0.125. The Morgan fingerprint density at radius 1 is 1.25 bits per heavy atom. The Labute approximate surface area is 164 Å². The van der Waals surface area contributed by atoms with Crippen LogP contribution in [0.3, 0.4) is 0 Å². The third-order valence-electron chi connectivity index (χ3n) is 4.54. The lowest BCUT2D eigenvalue weighted by molar-refractivity contribution is 0.0521. The molecule has 1 atom stereocenters. The van der Waals surface area contributed by atoms with E-state index in [2.05, 4.69) is 5.32 Å². The van der Waals surface area contributed by atoms with Crippen LogP contribution in [0.15, 0.2) is 36.4 Å². The number of halogens is 1. The lowest BCUT2D eigenvalue weighted by Gasteiger charge is -2.27. The van der Waals surface area contributed by atoms with Gasteiger partial charge in [-0.2, -0.15) is 0 Å². The van der Waals surface area contributed by atoms with Gasteiger partial charge in [-0.25, -0.2) is 9.18 Å². The molecule has 1 amide bonds. The summed E-state index contributed by atoms with van der Waals surface area (Å²) in [6.45, 7) is 6.51. The molecule has 2 aromatic carbocycles. The van der Waals surface area contributed by atoms with E-state index in [1.165, 1.54) is 12.1 Å². The monoisotopic (exact) mass is 387 g/mol. The number of benzene rings is 2. The summed E-state index contributed by atoms with van der Waals surface area (Å²) < 4.78 is 30.2. The Balaban J connectivity index is 1.79. The van der Waals surface area contributed by atoms with Crippen molar-refractivity contribution in [3.63, 3.8) is 0 Å². The molecule has 3 rings (SSSR count). The van der Waals surface area contributed by atoms with E-state index in [1.807, 2.05) is 39.0 Å². The summed E-state index contributed by atoms with van der Waals surface area (Å²) in [7, 11) is 1.56. The molecule has 1 N–H and O–H groups in total. The van der Waals surface area contributed by atoms with E-state index in [0.29, 0.717) is 24.5 Å². The fourth-order valence-corrected chi connectivity index (χ4v) is 3.27. The van der Waals surface area contributed by atoms with E-state index in [9.17, 15) is 9.18 Å². The number of nitrogens with one attached hydrogen (secondary N) is 1. The van der Waals surface area contributed by atoms with Gasteiger partial charge in [-0.15, -0.1) is 0 Å². The van der Waals surface area contributed by atoms with Gasteiger partial charge in [0.25, 0.3) is 0 Å². The topological polar surface area (TPSA) is 56.8 Å². The van der Waals surface area contributed by atoms with Crippen molar-refractivity contribution in [2.45, 2.75) is 38.7 Å². The van der Waals surface area contributed by atoms with Crippen LogP contribution in [0, 0.1) is 5.82 Å². The summed E-state index contributed by atoms with van der Waals surface area (Å²) in [4.78, 5) is 11.9. The first-order chi connectivity index (χ1) is 13.3. The number of amides is 1. The third-order valence-corrected chi connectivity index (χ3v) is 4.54. The van der Waals surface area contributed by atoms with Crippen molar-refractivity contribution < 1.29 is 23.4 Å². The van der Waals surface area contributed by atoms with Crippen LogP contribution >= 0.6 is 0 Å². The molecule has 1 aliphatic heterocycles. The van der Waals surface area contributed by atoms with Crippen LogP contribution in [0.1, 0.15) is 38.7 Å². The molecule has 0 spiro atoms. The first-order valence-electron chi connectivity index (χ1n) is 9.34. The van der Waals surface area contributed by atoms with Crippen LogP contribution in [0.4, 0.5) is 9.18 Å². The van der Waals surface area contributed by atoms with Crippen molar-refractivity contribution in [1.29, 1.82) is 0 Å². The number of fused-ring (bicyclic) bond motifs is 1. The van der Waals surface area contributed by atoms with Crippen LogP contribution < -0.4 is 14.8 Å². The second-order valence-corrected chi connectivity index (χ2v) is 7.81. The van der Waals surface area contributed by atoms with Gasteiger partial charge in [-0.05, 0) is 62.6 Å². The number of methoxy groups -OCH3 is 1. The fraction of sp³-hybridized carbons (Fsp3) is 0.409. The molecule has 0 saturated carbocycles. The van der Waals surface area contributed by atoms with Crippen LogP contribution in [0.2, 0.25) is 0 Å². The molecular weight excluding hydrogens is 361 g/mol. The smallest absolute Gasteiger partial charge is 0.407 e. The van der Waals surface area contributed by atoms with Gasteiger partial charge in [0.1, 0.15) is 22.9 Å².